The summed E-state index contributed by atoms with van der Waals surface area (Å²) in [5.41, 5.74) is 5.37. The number of rotatable bonds is 10. The lowest BCUT2D eigenvalue weighted by atomic mass is 10.1. The number of para-hydroxylation sites is 2. The van der Waals surface area contributed by atoms with Gasteiger partial charge in [-0.1, -0.05) is 47.9 Å². The molecule has 6 heteroatoms. The lowest BCUT2D eigenvalue weighted by molar-refractivity contribution is 0.0949. The molecule has 4 rings (SSSR count). The molecule has 180 valence electrons. The van der Waals surface area contributed by atoms with Gasteiger partial charge in [-0.2, -0.15) is 0 Å². The van der Waals surface area contributed by atoms with E-state index in [0.717, 1.165) is 59.2 Å². The number of nitrogens with zero attached hydrogens (tertiary/aromatic N) is 2. The summed E-state index contributed by atoms with van der Waals surface area (Å²) in [6, 6.07) is 20.8. The smallest absolute Gasteiger partial charge is 0.251 e. The summed E-state index contributed by atoms with van der Waals surface area (Å²) in [5, 5.41) is 3.64. The van der Waals surface area contributed by atoms with Crippen LogP contribution in [0.2, 0.25) is 5.02 Å². The van der Waals surface area contributed by atoms with Crippen LogP contribution in [0.1, 0.15) is 56.9 Å². The molecular weight excluding hydrogens is 458 g/mol. The predicted octanol–water partition coefficient (Wildman–Crippen LogP) is 6.33. The molecule has 35 heavy (non-hydrogen) atoms. The summed E-state index contributed by atoms with van der Waals surface area (Å²) in [4.78, 5) is 30.2. The first-order chi connectivity index (χ1) is 16.9. The van der Waals surface area contributed by atoms with Gasteiger partial charge < -0.3 is 9.88 Å². The van der Waals surface area contributed by atoms with Gasteiger partial charge in [-0.3, -0.25) is 9.59 Å². The topological polar surface area (TPSA) is 64.0 Å². The molecule has 0 bridgehead atoms. The summed E-state index contributed by atoms with van der Waals surface area (Å²) in [6.45, 7) is 4.86. The van der Waals surface area contributed by atoms with Gasteiger partial charge in [-0.25, -0.2) is 4.98 Å². The molecule has 0 radical (unpaired) electrons. The molecule has 1 heterocycles. The number of imidazole rings is 1. The van der Waals surface area contributed by atoms with Gasteiger partial charge >= 0.3 is 0 Å². The number of unbranched alkanes of at least 4 members (excludes halogenated alkanes) is 2. The van der Waals surface area contributed by atoms with Crippen LogP contribution in [-0.4, -0.2) is 27.8 Å². The molecule has 0 aliphatic carbocycles. The number of hydrogen-bond donors (Lipinski definition) is 1. The third-order valence-electron chi connectivity index (χ3n) is 6.19. The van der Waals surface area contributed by atoms with E-state index in [1.165, 1.54) is 0 Å². The van der Waals surface area contributed by atoms with Crippen molar-refractivity contribution in [3.05, 3.63) is 99.8 Å². The van der Waals surface area contributed by atoms with Crippen molar-refractivity contribution in [3.8, 4) is 0 Å². The van der Waals surface area contributed by atoms with Crippen LogP contribution in [0.4, 0.5) is 0 Å². The molecule has 5 nitrogen and oxygen atoms in total. The van der Waals surface area contributed by atoms with Gasteiger partial charge in [0.2, 0.25) is 0 Å². The minimum atomic E-state index is -0.0231. The second-order valence-electron chi connectivity index (χ2n) is 8.92. The second-order valence-corrected chi connectivity index (χ2v) is 9.35. The minimum absolute atomic E-state index is 0.0231. The fraction of sp³-hybridized carbons (Fsp3) is 0.276. The predicted molar refractivity (Wildman–Crippen MR) is 141 cm³/mol. The SMILES string of the molecule is Cc1ccc(C(=O)NCCCCCc2nc3ccccc3n2CC(=O)c2ccc(Cl)cc2)c(C)c1. The van der Waals surface area contributed by atoms with Gasteiger partial charge in [-0.05, 0) is 74.7 Å². The number of hydrogen-bond acceptors (Lipinski definition) is 3. The lowest BCUT2D eigenvalue weighted by Crippen LogP contribution is -2.25. The first kappa shape index (κ1) is 24.7. The van der Waals surface area contributed by atoms with E-state index < -0.39 is 0 Å². The molecular formula is C29H30ClN3O2. The fourth-order valence-corrected chi connectivity index (χ4v) is 4.44. The highest BCUT2D eigenvalue weighted by Gasteiger charge is 2.15. The maximum Gasteiger partial charge on any atom is 0.251 e. The number of carbonyl (C=O) groups excluding carboxylic acids is 2. The number of amides is 1. The number of fused-ring (bicyclic) bond motifs is 1. The van der Waals surface area contributed by atoms with E-state index in [4.69, 9.17) is 16.6 Å². The van der Waals surface area contributed by atoms with Crippen LogP contribution in [0.3, 0.4) is 0 Å². The Kier molecular flexibility index (Phi) is 7.98. The number of nitrogens with one attached hydrogen (secondary N) is 1. The average Bonchev–Trinajstić information content (AvgIpc) is 3.18. The summed E-state index contributed by atoms with van der Waals surface area (Å²) in [5.74, 6) is 0.915. The highest BCUT2D eigenvalue weighted by molar-refractivity contribution is 6.30. The monoisotopic (exact) mass is 487 g/mol. The van der Waals surface area contributed by atoms with E-state index >= 15 is 0 Å². The Labute approximate surface area is 211 Å². The van der Waals surface area contributed by atoms with Gasteiger partial charge in [0.05, 0.1) is 17.6 Å². The normalized spacial score (nSPS) is 11.1. The van der Waals surface area contributed by atoms with Crippen LogP contribution in [0.25, 0.3) is 11.0 Å². The van der Waals surface area contributed by atoms with E-state index in [2.05, 4.69) is 5.32 Å². The number of ketones is 1. The first-order valence-electron chi connectivity index (χ1n) is 12.0. The fourth-order valence-electron chi connectivity index (χ4n) is 4.31. The largest absolute Gasteiger partial charge is 0.352 e. The zero-order chi connectivity index (χ0) is 24.8. The number of aryl methyl sites for hydroxylation is 3. The standard InChI is InChI=1S/C29H30ClN3O2/c1-20-11-16-24(21(2)18-20)29(35)31-17-7-3-4-10-28-32-25-8-5-6-9-26(25)33(28)19-27(34)22-12-14-23(30)15-13-22/h5-6,8-9,11-16,18H,3-4,7,10,17,19H2,1-2H3,(H,31,35). The number of halogens is 1. The molecule has 4 aromatic rings. The summed E-state index contributed by atoms with van der Waals surface area (Å²) in [7, 11) is 0. The highest BCUT2D eigenvalue weighted by atomic mass is 35.5. The van der Waals surface area contributed by atoms with E-state index in [0.29, 0.717) is 17.1 Å². The number of benzene rings is 3. The number of aromatic nitrogens is 2. The molecule has 0 unspecified atom stereocenters. The first-order valence-corrected chi connectivity index (χ1v) is 12.4. The highest BCUT2D eigenvalue weighted by Crippen LogP contribution is 2.19. The van der Waals surface area contributed by atoms with Crippen molar-refractivity contribution in [2.75, 3.05) is 6.54 Å². The van der Waals surface area contributed by atoms with Gasteiger partial charge in [0.25, 0.3) is 5.91 Å². The van der Waals surface area contributed by atoms with Crippen LogP contribution >= 0.6 is 11.6 Å². The summed E-state index contributed by atoms with van der Waals surface area (Å²) in [6.07, 6.45) is 3.55. The van der Waals surface area contributed by atoms with Crippen molar-refractivity contribution >= 4 is 34.3 Å². The van der Waals surface area contributed by atoms with Gasteiger partial charge in [0, 0.05) is 29.1 Å². The van der Waals surface area contributed by atoms with Crippen LogP contribution in [0, 0.1) is 13.8 Å². The zero-order valence-electron chi connectivity index (χ0n) is 20.2. The molecule has 0 saturated carbocycles. The number of Topliss-reactive ketones (excluding diaryl/α,β-unsaturated/α-hetero) is 1. The molecule has 0 saturated heterocycles. The maximum absolute atomic E-state index is 12.9. The molecule has 0 fully saturated rings. The van der Waals surface area contributed by atoms with Crippen molar-refractivity contribution in [2.24, 2.45) is 0 Å². The molecule has 3 aromatic carbocycles. The Hall–Kier alpha value is -3.44. The van der Waals surface area contributed by atoms with E-state index in [1.54, 1.807) is 24.3 Å². The van der Waals surface area contributed by atoms with Crippen LogP contribution in [0.15, 0.2) is 66.7 Å². The minimum Gasteiger partial charge on any atom is -0.352 e. The van der Waals surface area contributed by atoms with Crippen LogP contribution in [-0.2, 0) is 13.0 Å². The van der Waals surface area contributed by atoms with Gasteiger partial charge in [-0.15, -0.1) is 0 Å². The lowest BCUT2D eigenvalue weighted by Gasteiger charge is -2.10. The zero-order valence-corrected chi connectivity index (χ0v) is 20.9. The maximum atomic E-state index is 12.9. The second kappa shape index (κ2) is 11.3. The molecule has 0 aliphatic heterocycles. The van der Waals surface area contributed by atoms with Crippen molar-refractivity contribution in [1.82, 2.24) is 14.9 Å². The summed E-state index contributed by atoms with van der Waals surface area (Å²) >= 11 is 5.97. The van der Waals surface area contributed by atoms with Gasteiger partial charge in [0.1, 0.15) is 5.82 Å². The van der Waals surface area contributed by atoms with Crippen molar-refractivity contribution in [2.45, 2.75) is 46.1 Å². The third kappa shape index (κ3) is 6.17. The molecule has 1 N–H and O–H groups in total. The molecule has 0 aliphatic rings. The Bertz CT molecular complexity index is 1340. The Balaban J connectivity index is 1.33. The summed E-state index contributed by atoms with van der Waals surface area (Å²) < 4.78 is 2.02. The van der Waals surface area contributed by atoms with Crippen LogP contribution < -0.4 is 5.32 Å². The average molecular weight is 488 g/mol. The molecule has 0 spiro atoms. The van der Waals surface area contributed by atoms with Crippen molar-refractivity contribution in [3.63, 3.8) is 0 Å². The van der Waals surface area contributed by atoms with E-state index in [1.807, 2.05) is 60.9 Å². The van der Waals surface area contributed by atoms with Gasteiger partial charge in [0.15, 0.2) is 5.78 Å². The Morgan fingerprint density at radius 3 is 2.49 bits per heavy atom. The molecule has 0 atom stereocenters. The number of carbonyl (C=O) groups is 2. The molecule has 1 aromatic heterocycles. The van der Waals surface area contributed by atoms with Crippen molar-refractivity contribution < 1.29 is 9.59 Å². The Morgan fingerprint density at radius 2 is 1.71 bits per heavy atom. The third-order valence-corrected chi connectivity index (χ3v) is 6.44. The van der Waals surface area contributed by atoms with E-state index in [-0.39, 0.29) is 18.2 Å². The molecule has 1 amide bonds. The Morgan fingerprint density at radius 1 is 0.943 bits per heavy atom. The van der Waals surface area contributed by atoms with Crippen LogP contribution in [0.5, 0.6) is 0 Å². The van der Waals surface area contributed by atoms with Crippen molar-refractivity contribution in [1.29, 1.82) is 0 Å². The van der Waals surface area contributed by atoms with E-state index in [9.17, 15) is 9.59 Å². The quantitative estimate of drug-likeness (QED) is 0.210.